The van der Waals surface area contributed by atoms with Gasteiger partial charge in [-0.2, -0.15) is 0 Å². The quantitative estimate of drug-likeness (QED) is 0.732. The molecular weight excluding hydrogens is 222 g/mol. The first-order valence-electron chi connectivity index (χ1n) is 4.47. The van der Waals surface area contributed by atoms with Crippen molar-refractivity contribution in [3.8, 4) is 0 Å². The molecule has 0 fully saturated rings. The van der Waals surface area contributed by atoms with Gasteiger partial charge in [0, 0.05) is 15.3 Å². The number of alkyl halides is 2. The van der Waals surface area contributed by atoms with Crippen molar-refractivity contribution in [3.63, 3.8) is 0 Å². The van der Waals surface area contributed by atoms with Crippen LogP contribution < -0.4 is 0 Å². The number of thiophene rings is 1. The average Bonchev–Trinajstić information content (AvgIpc) is 2.44. The summed E-state index contributed by atoms with van der Waals surface area (Å²) in [6, 6.07) is 1.76. The number of ketones is 1. The third-order valence-electron chi connectivity index (χ3n) is 1.82. The van der Waals surface area contributed by atoms with Crippen LogP contribution in [0.5, 0.6) is 0 Å². The molecule has 1 aromatic heterocycles. The summed E-state index contributed by atoms with van der Waals surface area (Å²) in [5, 5.41) is 0. The van der Waals surface area contributed by atoms with Crippen LogP contribution in [-0.4, -0.2) is 25.4 Å². The van der Waals surface area contributed by atoms with E-state index < -0.39 is 13.0 Å². The molecular formula is C10H12F2O2S. The average molecular weight is 234 g/mol. The summed E-state index contributed by atoms with van der Waals surface area (Å²) < 4.78 is 28.1. The lowest BCUT2D eigenvalue weighted by Gasteiger charge is -2.02. The van der Waals surface area contributed by atoms with E-state index in [1.807, 2.05) is 13.8 Å². The van der Waals surface area contributed by atoms with Crippen molar-refractivity contribution in [1.82, 2.24) is 0 Å². The molecule has 0 N–H and O–H groups in total. The van der Waals surface area contributed by atoms with Gasteiger partial charge >= 0.3 is 0 Å². The number of ether oxygens (including phenoxy) is 1. The van der Waals surface area contributed by atoms with Gasteiger partial charge in [0.25, 0.3) is 6.43 Å². The summed E-state index contributed by atoms with van der Waals surface area (Å²) in [5.41, 5.74) is 0.576. The second-order valence-electron chi connectivity index (χ2n) is 3.16. The molecule has 0 aliphatic rings. The molecule has 0 amide bonds. The van der Waals surface area contributed by atoms with Crippen molar-refractivity contribution in [2.75, 3.05) is 13.2 Å². The van der Waals surface area contributed by atoms with Crippen LogP contribution in [-0.2, 0) is 4.74 Å². The first-order chi connectivity index (χ1) is 7.00. The van der Waals surface area contributed by atoms with E-state index in [1.54, 1.807) is 6.07 Å². The highest BCUT2D eigenvalue weighted by atomic mass is 32.1. The van der Waals surface area contributed by atoms with E-state index in [0.29, 0.717) is 5.56 Å². The van der Waals surface area contributed by atoms with Crippen molar-refractivity contribution in [1.29, 1.82) is 0 Å². The summed E-state index contributed by atoms with van der Waals surface area (Å²) in [4.78, 5) is 13.4. The van der Waals surface area contributed by atoms with Crippen LogP contribution in [0.15, 0.2) is 6.07 Å². The Balaban J connectivity index is 2.50. The molecule has 0 aromatic carbocycles. The zero-order valence-corrected chi connectivity index (χ0v) is 9.37. The summed E-state index contributed by atoms with van der Waals surface area (Å²) in [5.74, 6) is -0.238. The zero-order chi connectivity index (χ0) is 11.4. The molecule has 0 bridgehead atoms. The maximum Gasteiger partial charge on any atom is 0.261 e. The fraction of sp³-hybridized carbons (Fsp3) is 0.500. The zero-order valence-electron chi connectivity index (χ0n) is 8.55. The Morgan fingerprint density at radius 3 is 2.67 bits per heavy atom. The number of aryl methyl sites for hydroxylation is 2. The fourth-order valence-electron chi connectivity index (χ4n) is 1.23. The lowest BCUT2D eigenvalue weighted by molar-refractivity contribution is 0.0196. The Kier molecular flexibility index (Phi) is 4.35. The highest BCUT2D eigenvalue weighted by Gasteiger charge is 2.13. The SMILES string of the molecule is Cc1cc(C(=O)COCC(F)F)c(C)s1. The van der Waals surface area contributed by atoms with Gasteiger partial charge in [-0.1, -0.05) is 0 Å². The molecule has 0 radical (unpaired) electrons. The van der Waals surface area contributed by atoms with Gasteiger partial charge in [-0.25, -0.2) is 8.78 Å². The minimum absolute atomic E-state index is 0.238. The van der Waals surface area contributed by atoms with Crippen LogP contribution in [0.25, 0.3) is 0 Å². The molecule has 0 aliphatic heterocycles. The van der Waals surface area contributed by atoms with E-state index >= 15 is 0 Å². The molecule has 1 aromatic rings. The van der Waals surface area contributed by atoms with Crippen LogP contribution >= 0.6 is 11.3 Å². The second kappa shape index (κ2) is 5.32. The summed E-state index contributed by atoms with van der Waals surface area (Å²) in [7, 11) is 0. The normalized spacial score (nSPS) is 11.0. The maximum absolute atomic E-state index is 11.7. The number of carbonyl (C=O) groups excluding carboxylic acids is 1. The topological polar surface area (TPSA) is 26.3 Å². The molecule has 1 rings (SSSR count). The van der Waals surface area contributed by atoms with Gasteiger partial charge in [0.2, 0.25) is 0 Å². The van der Waals surface area contributed by atoms with E-state index in [2.05, 4.69) is 4.74 Å². The largest absolute Gasteiger partial charge is 0.367 e. The molecule has 0 atom stereocenters. The van der Waals surface area contributed by atoms with Gasteiger partial charge in [0.05, 0.1) is 0 Å². The highest BCUT2D eigenvalue weighted by molar-refractivity contribution is 7.12. The van der Waals surface area contributed by atoms with Crippen molar-refractivity contribution < 1.29 is 18.3 Å². The van der Waals surface area contributed by atoms with E-state index in [9.17, 15) is 13.6 Å². The van der Waals surface area contributed by atoms with Crippen LogP contribution in [0, 0.1) is 13.8 Å². The van der Waals surface area contributed by atoms with Crippen molar-refractivity contribution >= 4 is 17.1 Å². The molecule has 0 spiro atoms. The second-order valence-corrected chi connectivity index (χ2v) is 4.62. The summed E-state index contributed by atoms with van der Waals surface area (Å²) in [6.45, 7) is 2.77. The predicted octanol–water partition coefficient (Wildman–Crippen LogP) is 2.83. The van der Waals surface area contributed by atoms with E-state index in [0.717, 1.165) is 9.75 Å². The number of rotatable bonds is 5. The van der Waals surface area contributed by atoms with Crippen LogP contribution in [0.4, 0.5) is 8.78 Å². The Hall–Kier alpha value is -0.810. The van der Waals surface area contributed by atoms with E-state index in [4.69, 9.17) is 0 Å². The Labute approximate surface area is 90.9 Å². The predicted molar refractivity (Wildman–Crippen MR) is 54.9 cm³/mol. The Morgan fingerprint density at radius 2 is 2.20 bits per heavy atom. The first-order valence-corrected chi connectivity index (χ1v) is 5.28. The standard InChI is InChI=1S/C10H12F2O2S/c1-6-3-8(7(2)15-6)9(13)4-14-5-10(11)12/h3,10H,4-5H2,1-2H3. The number of Topliss-reactive ketones (excluding diaryl/α,β-unsaturated/α-hetero) is 1. The third-order valence-corrected chi connectivity index (χ3v) is 2.78. The molecule has 0 unspecified atom stereocenters. The Bertz CT molecular complexity index is 347. The van der Waals surface area contributed by atoms with Gasteiger partial charge in [0.15, 0.2) is 5.78 Å². The smallest absolute Gasteiger partial charge is 0.261 e. The van der Waals surface area contributed by atoms with Crippen LogP contribution in [0.3, 0.4) is 0 Å². The van der Waals surface area contributed by atoms with Gasteiger partial charge in [-0.3, -0.25) is 4.79 Å². The van der Waals surface area contributed by atoms with Crippen molar-refractivity contribution in [2.24, 2.45) is 0 Å². The first kappa shape index (κ1) is 12.3. The molecule has 0 saturated heterocycles. The van der Waals surface area contributed by atoms with Gasteiger partial charge in [0.1, 0.15) is 13.2 Å². The number of hydrogen-bond donors (Lipinski definition) is 0. The van der Waals surface area contributed by atoms with Crippen LogP contribution in [0.1, 0.15) is 20.1 Å². The van der Waals surface area contributed by atoms with Gasteiger partial charge < -0.3 is 4.74 Å². The fourth-order valence-corrected chi connectivity index (χ4v) is 2.17. The minimum atomic E-state index is -2.52. The van der Waals surface area contributed by atoms with Gasteiger partial charge in [-0.15, -0.1) is 11.3 Å². The minimum Gasteiger partial charge on any atom is -0.367 e. The third kappa shape index (κ3) is 3.68. The maximum atomic E-state index is 11.7. The molecule has 84 valence electrons. The van der Waals surface area contributed by atoms with E-state index in [-0.39, 0.29) is 12.4 Å². The molecule has 1 heterocycles. The summed E-state index contributed by atoms with van der Waals surface area (Å²) >= 11 is 1.51. The number of hydrogen-bond acceptors (Lipinski definition) is 3. The lowest BCUT2D eigenvalue weighted by atomic mass is 10.2. The van der Waals surface area contributed by atoms with Gasteiger partial charge in [-0.05, 0) is 19.9 Å². The lowest BCUT2D eigenvalue weighted by Crippen LogP contribution is -2.13. The molecule has 15 heavy (non-hydrogen) atoms. The summed E-state index contributed by atoms with van der Waals surface area (Å²) in [6.07, 6.45) is -2.52. The molecule has 2 nitrogen and oxygen atoms in total. The van der Waals surface area contributed by atoms with Crippen molar-refractivity contribution in [2.45, 2.75) is 20.3 Å². The number of carbonyl (C=O) groups is 1. The van der Waals surface area contributed by atoms with Crippen molar-refractivity contribution in [3.05, 3.63) is 21.4 Å². The van der Waals surface area contributed by atoms with Crippen LogP contribution in [0.2, 0.25) is 0 Å². The molecule has 0 saturated carbocycles. The highest BCUT2D eigenvalue weighted by Crippen LogP contribution is 2.20. The monoisotopic (exact) mass is 234 g/mol. The van der Waals surface area contributed by atoms with E-state index in [1.165, 1.54) is 11.3 Å². The Morgan fingerprint density at radius 1 is 1.53 bits per heavy atom. The number of halogens is 2. The molecule has 5 heteroatoms. The molecule has 0 aliphatic carbocycles.